The van der Waals surface area contributed by atoms with Crippen LogP contribution in [0.5, 0.6) is 5.75 Å². The smallest absolute Gasteiger partial charge is 0.251 e. The van der Waals surface area contributed by atoms with Crippen LogP contribution in [-0.4, -0.2) is 78.9 Å². The van der Waals surface area contributed by atoms with E-state index in [4.69, 9.17) is 4.74 Å². The summed E-state index contributed by atoms with van der Waals surface area (Å²) in [6, 6.07) is 16.9. The highest BCUT2D eigenvalue weighted by atomic mass is 16.5. The lowest BCUT2D eigenvalue weighted by molar-refractivity contribution is -0.161. The largest absolute Gasteiger partial charge is 0.497 e. The van der Waals surface area contributed by atoms with Crippen molar-refractivity contribution in [3.63, 3.8) is 0 Å². The average molecular weight is 535 g/mol. The predicted molar refractivity (Wildman–Crippen MR) is 152 cm³/mol. The Morgan fingerprint density at radius 1 is 1.03 bits per heavy atom. The third kappa shape index (κ3) is 6.98. The minimum absolute atomic E-state index is 0.00364. The van der Waals surface area contributed by atoms with Crippen LogP contribution in [0.3, 0.4) is 0 Å². The molecular formula is C31H42N4O4. The number of benzene rings is 2. The first-order valence-corrected chi connectivity index (χ1v) is 14.3. The van der Waals surface area contributed by atoms with E-state index < -0.39 is 11.6 Å². The van der Waals surface area contributed by atoms with Gasteiger partial charge >= 0.3 is 0 Å². The van der Waals surface area contributed by atoms with Crippen molar-refractivity contribution in [2.75, 3.05) is 39.8 Å². The molecule has 0 unspecified atom stereocenters. The number of carbonyl (C=O) groups excluding carboxylic acids is 3. The van der Waals surface area contributed by atoms with Crippen molar-refractivity contribution in [3.05, 3.63) is 65.7 Å². The molecule has 0 aromatic heterocycles. The summed E-state index contributed by atoms with van der Waals surface area (Å²) in [5.74, 6) is 0.608. The molecule has 2 aliphatic rings. The summed E-state index contributed by atoms with van der Waals surface area (Å²) in [6.45, 7) is 5.76. The van der Waals surface area contributed by atoms with Crippen LogP contribution < -0.4 is 15.4 Å². The summed E-state index contributed by atoms with van der Waals surface area (Å²) < 4.78 is 5.13. The molecule has 0 bridgehead atoms. The van der Waals surface area contributed by atoms with Crippen molar-refractivity contribution in [2.24, 2.45) is 0 Å². The molecule has 2 aliphatic heterocycles. The van der Waals surface area contributed by atoms with Crippen LogP contribution in [0.2, 0.25) is 0 Å². The van der Waals surface area contributed by atoms with Crippen LogP contribution in [-0.2, 0) is 16.0 Å². The number of methoxy groups -OCH3 is 1. The Morgan fingerprint density at radius 2 is 1.74 bits per heavy atom. The maximum atomic E-state index is 13.6. The molecule has 1 atom stereocenters. The van der Waals surface area contributed by atoms with E-state index in [2.05, 4.69) is 46.7 Å². The normalized spacial score (nSPS) is 19.1. The number of piperidine rings is 1. The molecule has 2 heterocycles. The van der Waals surface area contributed by atoms with E-state index >= 15 is 0 Å². The number of nitrogens with zero attached hydrogens (tertiary/aromatic N) is 2. The summed E-state index contributed by atoms with van der Waals surface area (Å²) in [5, 5.41) is 6.00. The maximum Gasteiger partial charge on any atom is 0.251 e. The molecule has 1 spiro atoms. The molecule has 8 nitrogen and oxygen atoms in total. The van der Waals surface area contributed by atoms with Gasteiger partial charge in [0.25, 0.3) is 5.91 Å². The summed E-state index contributed by atoms with van der Waals surface area (Å²) in [6.07, 6.45) is 5.19. The van der Waals surface area contributed by atoms with E-state index in [1.54, 1.807) is 31.4 Å². The van der Waals surface area contributed by atoms with Gasteiger partial charge in [-0.15, -0.1) is 0 Å². The van der Waals surface area contributed by atoms with E-state index in [1.807, 2.05) is 11.0 Å². The minimum Gasteiger partial charge on any atom is -0.497 e. The predicted octanol–water partition coefficient (Wildman–Crippen LogP) is 3.41. The van der Waals surface area contributed by atoms with E-state index in [-0.39, 0.29) is 17.7 Å². The fraction of sp³-hybridized carbons (Fsp3) is 0.516. The molecule has 2 saturated heterocycles. The fourth-order valence-electron chi connectivity index (χ4n) is 5.71. The van der Waals surface area contributed by atoms with Crippen LogP contribution in [0, 0.1) is 0 Å². The van der Waals surface area contributed by atoms with Gasteiger partial charge in [-0.05, 0) is 74.8 Å². The van der Waals surface area contributed by atoms with Crippen molar-refractivity contribution >= 4 is 17.7 Å². The second kappa shape index (κ2) is 13.6. The number of ether oxygens (including phenoxy) is 1. The van der Waals surface area contributed by atoms with Crippen molar-refractivity contribution in [1.82, 2.24) is 20.4 Å². The molecule has 8 heteroatoms. The highest BCUT2D eigenvalue weighted by Crippen LogP contribution is 2.34. The van der Waals surface area contributed by atoms with E-state index in [1.165, 1.54) is 5.56 Å². The Morgan fingerprint density at radius 3 is 2.41 bits per heavy atom. The number of hydrogen-bond acceptors (Lipinski definition) is 5. The third-order valence-electron chi connectivity index (χ3n) is 8.06. The molecular weight excluding hydrogens is 492 g/mol. The minimum atomic E-state index is -0.737. The highest BCUT2D eigenvalue weighted by molar-refractivity contribution is 6.00. The average Bonchev–Trinajstić information content (AvgIpc) is 2.97. The van der Waals surface area contributed by atoms with Crippen LogP contribution in [0.25, 0.3) is 0 Å². The lowest BCUT2D eigenvalue weighted by Gasteiger charge is -2.51. The number of rotatable bonds is 12. The van der Waals surface area contributed by atoms with Crippen LogP contribution in [0.15, 0.2) is 54.6 Å². The number of hydrogen-bond donors (Lipinski definition) is 2. The molecule has 2 aromatic rings. The number of unbranched alkanes of at least 4 members (excludes halogenated alkanes) is 1. The van der Waals surface area contributed by atoms with Gasteiger partial charge in [-0.3, -0.25) is 14.4 Å². The number of likely N-dealkylation sites (tertiary alicyclic amines) is 1. The number of piperazine rings is 1. The summed E-state index contributed by atoms with van der Waals surface area (Å²) >= 11 is 0. The summed E-state index contributed by atoms with van der Waals surface area (Å²) in [4.78, 5) is 43.7. The molecule has 4 rings (SSSR count). The number of carbonyl (C=O) groups is 3. The molecule has 210 valence electrons. The summed E-state index contributed by atoms with van der Waals surface area (Å²) in [7, 11) is 1.59. The highest BCUT2D eigenvalue weighted by Gasteiger charge is 2.52. The van der Waals surface area contributed by atoms with Gasteiger partial charge in [0.15, 0.2) is 0 Å². The fourth-order valence-corrected chi connectivity index (χ4v) is 5.71. The van der Waals surface area contributed by atoms with E-state index in [0.29, 0.717) is 43.7 Å². The van der Waals surface area contributed by atoms with Gasteiger partial charge in [0.1, 0.15) is 17.3 Å². The van der Waals surface area contributed by atoms with E-state index in [9.17, 15) is 14.4 Å². The standard InChI is InChI=1S/C31H42N4O4/c1-3-20-35-29(37)27(11-7-8-19-32-28(36)25-12-14-26(39-2)15-13-25)33-30(38)31(35)17-22-34(23-18-31)21-16-24-9-5-4-6-10-24/h4-6,9-10,12-15,27H,3,7-8,11,16-23H2,1-2H3,(H,32,36)(H,33,38)/t27-/m0/s1. The Labute approximate surface area is 232 Å². The van der Waals surface area contributed by atoms with Gasteiger partial charge < -0.3 is 25.2 Å². The zero-order valence-corrected chi connectivity index (χ0v) is 23.3. The van der Waals surface area contributed by atoms with Gasteiger partial charge in [-0.25, -0.2) is 0 Å². The SMILES string of the molecule is CCCN1C(=O)[C@H](CCCCNC(=O)c2ccc(OC)cc2)NC(=O)C12CCN(CCc1ccccc1)CC2. The van der Waals surface area contributed by atoms with Gasteiger partial charge in [-0.1, -0.05) is 37.3 Å². The van der Waals surface area contributed by atoms with Crippen molar-refractivity contribution < 1.29 is 19.1 Å². The van der Waals surface area contributed by atoms with Crippen LogP contribution in [0.4, 0.5) is 0 Å². The second-order valence-electron chi connectivity index (χ2n) is 10.6. The topological polar surface area (TPSA) is 91.0 Å². The Bertz CT molecular complexity index is 1100. The zero-order valence-electron chi connectivity index (χ0n) is 23.3. The molecule has 3 amide bonds. The van der Waals surface area contributed by atoms with Crippen molar-refractivity contribution in [2.45, 2.75) is 63.5 Å². The summed E-state index contributed by atoms with van der Waals surface area (Å²) in [5.41, 5.74) is 1.16. The molecule has 2 aromatic carbocycles. The molecule has 2 N–H and O–H groups in total. The Hall–Kier alpha value is -3.39. The second-order valence-corrected chi connectivity index (χ2v) is 10.6. The lowest BCUT2D eigenvalue weighted by atomic mass is 9.81. The van der Waals surface area contributed by atoms with Gasteiger partial charge in [-0.2, -0.15) is 0 Å². The Kier molecular flexibility index (Phi) is 9.98. The number of nitrogens with one attached hydrogen (secondary N) is 2. The van der Waals surface area contributed by atoms with Crippen LogP contribution in [0.1, 0.15) is 61.4 Å². The first kappa shape index (κ1) is 28.6. The van der Waals surface area contributed by atoms with Crippen LogP contribution >= 0.6 is 0 Å². The molecule has 39 heavy (non-hydrogen) atoms. The molecule has 0 aliphatic carbocycles. The molecule has 0 radical (unpaired) electrons. The Balaban J connectivity index is 1.24. The van der Waals surface area contributed by atoms with Crippen molar-refractivity contribution in [1.29, 1.82) is 0 Å². The quantitative estimate of drug-likeness (QED) is 0.408. The monoisotopic (exact) mass is 534 g/mol. The molecule has 2 fully saturated rings. The first-order chi connectivity index (χ1) is 19.0. The third-order valence-corrected chi connectivity index (χ3v) is 8.06. The number of amides is 3. The zero-order chi connectivity index (χ0) is 27.7. The van der Waals surface area contributed by atoms with Gasteiger partial charge in [0.2, 0.25) is 11.8 Å². The lowest BCUT2D eigenvalue weighted by Crippen LogP contribution is -2.72. The first-order valence-electron chi connectivity index (χ1n) is 14.3. The van der Waals surface area contributed by atoms with E-state index in [0.717, 1.165) is 45.3 Å². The molecule has 0 saturated carbocycles. The van der Waals surface area contributed by atoms with Crippen molar-refractivity contribution in [3.8, 4) is 5.75 Å². The van der Waals surface area contributed by atoms with Gasteiger partial charge in [0, 0.05) is 38.3 Å². The van der Waals surface area contributed by atoms with Gasteiger partial charge in [0.05, 0.1) is 7.11 Å². The maximum absolute atomic E-state index is 13.6.